The minimum absolute atomic E-state index is 0.0431. The second kappa shape index (κ2) is 6.47. The van der Waals surface area contributed by atoms with Crippen molar-refractivity contribution >= 4 is 39.7 Å². The molecular weight excluding hydrogens is 388 g/mol. The van der Waals surface area contributed by atoms with Crippen LogP contribution in [-0.4, -0.2) is 24.0 Å². The van der Waals surface area contributed by atoms with Gasteiger partial charge in [0.1, 0.15) is 5.75 Å². The summed E-state index contributed by atoms with van der Waals surface area (Å²) in [5.74, 6) is 0.489. The van der Waals surface area contributed by atoms with E-state index in [4.69, 9.17) is 21.1 Å². The van der Waals surface area contributed by atoms with E-state index in [2.05, 4.69) is 26.5 Å². The molecule has 23 heavy (non-hydrogen) atoms. The Labute approximate surface area is 144 Å². The third-order valence-electron chi connectivity index (χ3n) is 3.03. The maximum atomic E-state index is 12.0. The van der Waals surface area contributed by atoms with Crippen LogP contribution in [0.5, 0.6) is 17.2 Å². The van der Waals surface area contributed by atoms with Gasteiger partial charge in [0.2, 0.25) is 6.79 Å². The van der Waals surface area contributed by atoms with Crippen molar-refractivity contribution in [3.63, 3.8) is 0 Å². The molecule has 2 aromatic rings. The molecule has 0 fully saturated rings. The van der Waals surface area contributed by atoms with E-state index in [-0.39, 0.29) is 18.1 Å². The molecule has 6 nitrogen and oxygen atoms in total. The van der Waals surface area contributed by atoms with Gasteiger partial charge >= 0.3 is 0 Å². The highest BCUT2D eigenvalue weighted by molar-refractivity contribution is 9.10. The van der Waals surface area contributed by atoms with Crippen LogP contribution in [0, 0.1) is 0 Å². The third kappa shape index (κ3) is 3.40. The van der Waals surface area contributed by atoms with Crippen molar-refractivity contribution in [2.24, 2.45) is 5.10 Å². The monoisotopic (exact) mass is 396 g/mol. The summed E-state index contributed by atoms with van der Waals surface area (Å²) in [5, 5.41) is 13.9. The highest BCUT2D eigenvalue weighted by atomic mass is 79.9. The zero-order valence-corrected chi connectivity index (χ0v) is 13.9. The molecule has 2 aromatic carbocycles. The number of hydrogen-bond donors (Lipinski definition) is 2. The summed E-state index contributed by atoms with van der Waals surface area (Å²) in [6.07, 6.45) is 1.45. The lowest BCUT2D eigenvalue weighted by molar-refractivity contribution is 0.0952. The molecule has 1 aliphatic heterocycles. The minimum atomic E-state index is -0.568. The number of carbonyl (C=O) groups excluding carboxylic acids is 1. The van der Waals surface area contributed by atoms with Gasteiger partial charge in [-0.3, -0.25) is 4.79 Å². The average Bonchev–Trinajstić information content (AvgIpc) is 2.98. The van der Waals surface area contributed by atoms with Gasteiger partial charge in [-0.05, 0) is 51.8 Å². The van der Waals surface area contributed by atoms with E-state index >= 15 is 0 Å². The van der Waals surface area contributed by atoms with Crippen LogP contribution in [0.3, 0.4) is 0 Å². The SMILES string of the molecule is O=C(N/N=C\c1cc(Br)c2c(c1)OCO2)c1cc(Cl)ccc1O. The standard InChI is InChI=1S/C15H10BrClN2O4/c16-11-3-8(4-13-14(11)23-7-22-13)6-18-19-15(21)10-5-9(17)1-2-12(10)20/h1-6,20H,7H2,(H,19,21)/b18-6-. The fourth-order valence-corrected chi connectivity index (χ4v) is 2.72. The molecule has 0 aromatic heterocycles. The van der Waals surface area contributed by atoms with Crippen LogP contribution in [0.25, 0.3) is 0 Å². The lowest BCUT2D eigenvalue weighted by Gasteiger charge is -2.04. The van der Waals surface area contributed by atoms with Gasteiger partial charge < -0.3 is 14.6 Å². The summed E-state index contributed by atoms with van der Waals surface area (Å²) in [7, 11) is 0. The number of amides is 1. The number of fused-ring (bicyclic) bond motifs is 1. The number of benzene rings is 2. The number of nitrogens with one attached hydrogen (secondary N) is 1. The first-order valence-corrected chi connectivity index (χ1v) is 7.63. The Bertz CT molecular complexity index is 810. The van der Waals surface area contributed by atoms with Crippen LogP contribution in [-0.2, 0) is 0 Å². The first kappa shape index (κ1) is 15.6. The Hall–Kier alpha value is -2.25. The molecule has 1 heterocycles. The molecule has 0 radical (unpaired) electrons. The number of halogens is 2. The van der Waals surface area contributed by atoms with Crippen LogP contribution in [0.4, 0.5) is 0 Å². The van der Waals surface area contributed by atoms with Crippen molar-refractivity contribution in [3.8, 4) is 17.2 Å². The average molecular weight is 398 g/mol. The number of ether oxygens (including phenoxy) is 2. The molecule has 1 amide bonds. The second-order valence-corrected chi connectivity index (χ2v) is 5.89. The van der Waals surface area contributed by atoms with E-state index in [1.807, 2.05) is 0 Å². The van der Waals surface area contributed by atoms with Gasteiger partial charge in [0.15, 0.2) is 11.5 Å². The fourth-order valence-electron chi connectivity index (χ4n) is 1.98. The summed E-state index contributed by atoms with van der Waals surface area (Å²) < 4.78 is 11.3. The van der Waals surface area contributed by atoms with E-state index in [0.717, 1.165) is 4.47 Å². The molecule has 0 bridgehead atoms. The van der Waals surface area contributed by atoms with Crippen molar-refractivity contribution in [1.82, 2.24) is 5.43 Å². The van der Waals surface area contributed by atoms with Gasteiger partial charge in [0.05, 0.1) is 16.3 Å². The van der Waals surface area contributed by atoms with E-state index in [1.54, 1.807) is 12.1 Å². The molecule has 2 N–H and O–H groups in total. The first-order chi connectivity index (χ1) is 11.0. The molecule has 0 saturated carbocycles. The topological polar surface area (TPSA) is 80.2 Å². The maximum absolute atomic E-state index is 12.0. The van der Waals surface area contributed by atoms with Gasteiger partial charge in [-0.2, -0.15) is 5.10 Å². The highest BCUT2D eigenvalue weighted by Crippen LogP contribution is 2.39. The zero-order valence-electron chi connectivity index (χ0n) is 11.5. The molecule has 3 rings (SSSR count). The predicted octanol–water partition coefficient (Wildman–Crippen LogP) is 3.30. The normalized spacial score (nSPS) is 12.6. The summed E-state index contributed by atoms with van der Waals surface area (Å²) >= 11 is 9.17. The van der Waals surface area contributed by atoms with Crippen molar-refractivity contribution in [1.29, 1.82) is 0 Å². The summed E-state index contributed by atoms with van der Waals surface area (Å²) in [6, 6.07) is 7.70. The molecule has 8 heteroatoms. The number of phenols is 1. The van der Waals surface area contributed by atoms with Gasteiger partial charge in [0.25, 0.3) is 5.91 Å². The molecule has 0 atom stereocenters. The number of nitrogens with zero attached hydrogens (tertiary/aromatic N) is 1. The third-order valence-corrected chi connectivity index (χ3v) is 3.86. The van der Waals surface area contributed by atoms with Crippen LogP contribution < -0.4 is 14.9 Å². The van der Waals surface area contributed by atoms with Crippen LogP contribution in [0.2, 0.25) is 5.02 Å². The van der Waals surface area contributed by atoms with Crippen molar-refractivity contribution in [2.45, 2.75) is 0 Å². The van der Waals surface area contributed by atoms with Crippen molar-refractivity contribution in [2.75, 3.05) is 6.79 Å². The summed E-state index contributed by atoms with van der Waals surface area (Å²) in [6.45, 7) is 0.166. The molecular formula is C15H10BrClN2O4. The van der Waals surface area contributed by atoms with E-state index < -0.39 is 5.91 Å². The number of phenolic OH excluding ortho intramolecular Hbond substituents is 1. The Kier molecular flexibility index (Phi) is 4.40. The minimum Gasteiger partial charge on any atom is -0.507 e. The van der Waals surface area contributed by atoms with E-state index in [9.17, 15) is 9.90 Å². The Morgan fingerprint density at radius 3 is 3.00 bits per heavy atom. The number of aromatic hydroxyl groups is 1. The van der Waals surface area contributed by atoms with Gasteiger partial charge in [-0.25, -0.2) is 5.43 Å². The predicted molar refractivity (Wildman–Crippen MR) is 88.4 cm³/mol. The molecule has 1 aliphatic rings. The number of hydrazone groups is 1. The summed E-state index contributed by atoms with van der Waals surface area (Å²) in [4.78, 5) is 12.0. The van der Waals surface area contributed by atoms with Gasteiger partial charge in [-0.1, -0.05) is 11.6 Å². The Morgan fingerprint density at radius 2 is 2.17 bits per heavy atom. The number of rotatable bonds is 3. The van der Waals surface area contributed by atoms with Crippen LogP contribution >= 0.6 is 27.5 Å². The van der Waals surface area contributed by atoms with Crippen molar-refractivity contribution in [3.05, 3.63) is 51.0 Å². The number of carbonyl (C=O) groups is 1. The lowest BCUT2D eigenvalue weighted by Crippen LogP contribution is -2.17. The smallest absolute Gasteiger partial charge is 0.275 e. The lowest BCUT2D eigenvalue weighted by atomic mass is 10.2. The molecule has 0 aliphatic carbocycles. The Morgan fingerprint density at radius 1 is 1.35 bits per heavy atom. The Balaban J connectivity index is 1.73. The van der Waals surface area contributed by atoms with Crippen molar-refractivity contribution < 1.29 is 19.4 Å². The van der Waals surface area contributed by atoms with Gasteiger partial charge in [-0.15, -0.1) is 0 Å². The largest absolute Gasteiger partial charge is 0.507 e. The zero-order chi connectivity index (χ0) is 16.4. The molecule has 118 valence electrons. The molecule has 0 spiro atoms. The van der Waals surface area contributed by atoms with E-state index in [1.165, 1.54) is 24.4 Å². The van der Waals surface area contributed by atoms with E-state index in [0.29, 0.717) is 22.1 Å². The van der Waals surface area contributed by atoms with Gasteiger partial charge in [0, 0.05) is 5.02 Å². The van der Waals surface area contributed by atoms with Crippen LogP contribution in [0.1, 0.15) is 15.9 Å². The fraction of sp³-hybridized carbons (Fsp3) is 0.0667. The number of hydrogen-bond acceptors (Lipinski definition) is 5. The summed E-state index contributed by atoms with van der Waals surface area (Å²) in [5.41, 5.74) is 3.08. The highest BCUT2D eigenvalue weighted by Gasteiger charge is 2.17. The molecule has 0 saturated heterocycles. The maximum Gasteiger partial charge on any atom is 0.275 e. The van der Waals surface area contributed by atoms with Crippen LogP contribution in [0.15, 0.2) is 39.9 Å². The quantitative estimate of drug-likeness (QED) is 0.615. The second-order valence-electron chi connectivity index (χ2n) is 4.60. The molecule has 0 unspecified atom stereocenters. The first-order valence-electron chi connectivity index (χ1n) is 6.45.